The Balaban J connectivity index is 1.97. The van der Waals surface area contributed by atoms with Crippen molar-refractivity contribution in [3.05, 3.63) is 101 Å². The van der Waals surface area contributed by atoms with Gasteiger partial charge >= 0.3 is 0 Å². The summed E-state index contributed by atoms with van der Waals surface area (Å²) in [5.74, 6) is -0.212. The molecule has 6 heteroatoms. The average molecular weight is 477 g/mol. The number of hydrogen-bond acceptors (Lipinski definition) is 3. The van der Waals surface area contributed by atoms with Crippen molar-refractivity contribution in [3.63, 3.8) is 0 Å². The van der Waals surface area contributed by atoms with Gasteiger partial charge in [0.25, 0.3) is 0 Å². The summed E-state index contributed by atoms with van der Waals surface area (Å²) in [6.07, 6.45) is 1.17. The third-order valence-electron chi connectivity index (χ3n) is 6.09. The lowest BCUT2D eigenvalue weighted by Crippen LogP contribution is -2.52. The van der Waals surface area contributed by atoms with Crippen LogP contribution in [0.4, 0.5) is 4.39 Å². The van der Waals surface area contributed by atoms with Gasteiger partial charge in [-0.15, -0.1) is 0 Å². The van der Waals surface area contributed by atoms with Crippen molar-refractivity contribution < 1.29 is 18.7 Å². The highest BCUT2D eigenvalue weighted by Crippen LogP contribution is 2.19. The molecule has 0 saturated heterocycles. The van der Waals surface area contributed by atoms with E-state index in [0.29, 0.717) is 17.7 Å². The summed E-state index contributed by atoms with van der Waals surface area (Å²) in [4.78, 5) is 28.6. The van der Waals surface area contributed by atoms with Crippen molar-refractivity contribution in [2.24, 2.45) is 0 Å². The Labute approximate surface area is 206 Å². The molecule has 0 heterocycles. The van der Waals surface area contributed by atoms with Crippen LogP contribution < -0.4 is 10.1 Å². The van der Waals surface area contributed by atoms with E-state index in [2.05, 4.69) is 5.32 Å². The molecule has 184 valence electrons. The van der Waals surface area contributed by atoms with E-state index in [1.807, 2.05) is 56.3 Å². The summed E-state index contributed by atoms with van der Waals surface area (Å²) in [6, 6.07) is 22.3. The summed E-state index contributed by atoms with van der Waals surface area (Å²) in [7, 11) is 1.58. The van der Waals surface area contributed by atoms with Crippen LogP contribution >= 0.6 is 0 Å². The molecule has 1 N–H and O–H groups in total. The molecule has 0 radical (unpaired) electrons. The van der Waals surface area contributed by atoms with E-state index < -0.39 is 11.9 Å². The fourth-order valence-electron chi connectivity index (χ4n) is 3.82. The van der Waals surface area contributed by atoms with Crippen LogP contribution in [0.1, 0.15) is 37.0 Å². The first kappa shape index (κ1) is 25.9. The van der Waals surface area contributed by atoms with Gasteiger partial charge in [-0.2, -0.15) is 0 Å². The molecule has 0 aliphatic rings. The van der Waals surface area contributed by atoms with E-state index in [4.69, 9.17) is 4.74 Å². The van der Waals surface area contributed by atoms with E-state index in [1.54, 1.807) is 37.4 Å². The smallest absolute Gasteiger partial charge is 0.243 e. The van der Waals surface area contributed by atoms with Crippen molar-refractivity contribution in [2.75, 3.05) is 7.11 Å². The molecule has 3 aromatic rings. The van der Waals surface area contributed by atoms with Crippen LogP contribution in [0.2, 0.25) is 0 Å². The molecule has 0 fully saturated rings. The molecule has 35 heavy (non-hydrogen) atoms. The number of hydrogen-bond donors (Lipinski definition) is 1. The maximum atomic E-state index is 14.6. The Morgan fingerprint density at radius 2 is 1.60 bits per heavy atom. The molecule has 3 aromatic carbocycles. The van der Waals surface area contributed by atoms with Crippen LogP contribution in [0.25, 0.3) is 0 Å². The molecular weight excluding hydrogens is 443 g/mol. The topological polar surface area (TPSA) is 58.6 Å². The Morgan fingerprint density at radius 3 is 2.23 bits per heavy atom. The molecule has 0 bridgehead atoms. The minimum atomic E-state index is -0.795. The first-order valence-corrected chi connectivity index (χ1v) is 11.9. The maximum Gasteiger partial charge on any atom is 0.243 e. The summed E-state index contributed by atoms with van der Waals surface area (Å²) in [5.41, 5.74) is 2.08. The zero-order valence-corrected chi connectivity index (χ0v) is 20.5. The second kappa shape index (κ2) is 12.7. The van der Waals surface area contributed by atoms with Gasteiger partial charge in [0.1, 0.15) is 17.6 Å². The molecule has 2 amide bonds. The Bertz CT molecular complexity index is 1100. The van der Waals surface area contributed by atoms with Crippen LogP contribution in [-0.4, -0.2) is 35.9 Å². The van der Waals surface area contributed by atoms with Gasteiger partial charge in [0, 0.05) is 24.6 Å². The highest BCUT2D eigenvalue weighted by atomic mass is 19.1. The van der Waals surface area contributed by atoms with Gasteiger partial charge in [-0.1, -0.05) is 67.6 Å². The van der Waals surface area contributed by atoms with Crippen LogP contribution in [0, 0.1) is 5.82 Å². The lowest BCUT2D eigenvalue weighted by molar-refractivity contribution is -0.141. The van der Waals surface area contributed by atoms with E-state index >= 15 is 0 Å². The molecule has 0 spiro atoms. The van der Waals surface area contributed by atoms with Gasteiger partial charge in [0.05, 0.1) is 13.5 Å². The zero-order chi connectivity index (χ0) is 25.2. The normalized spacial score (nSPS) is 12.5. The van der Waals surface area contributed by atoms with Gasteiger partial charge in [-0.25, -0.2) is 4.39 Å². The first-order valence-electron chi connectivity index (χ1n) is 11.9. The second-order valence-electron chi connectivity index (χ2n) is 8.66. The van der Waals surface area contributed by atoms with Crippen molar-refractivity contribution in [3.8, 4) is 5.75 Å². The summed E-state index contributed by atoms with van der Waals surface area (Å²) < 4.78 is 19.8. The molecule has 2 atom stereocenters. The lowest BCUT2D eigenvalue weighted by Gasteiger charge is -2.32. The standard InChI is InChI=1S/C29H33FN2O3/c1-4-21(2)31-29(34)27(18-22-10-6-5-7-11-22)32(20-24-12-8-9-13-26(24)30)28(33)19-23-14-16-25(35-3)17-15-23/h5-17,21,27H,4,18-20H2,1-3H3,(H,31,34)/t21-,27-/m0/s1. The highest BCUT2D eigenvalue weighted by molar-refractivity contribution is 5.89. The van der Waals surface area contributed by atoms with Gasteiger partial charge < -0.3 is 15.0 Å². The number of methoxy groups -OCH3 is 1. The van der Waals surface area contributed by atoms with E-state index in [0.717, 1.165) is 17.5 Å². The minimum Gasteiger partial charge on any atom is -0.497 e. The monoisotopic (exact) mass is 476 g/mol. The van der Waals surface area contributed by atoms with E-state index in [-0.39, 0.29) is 30.8 Å². The van der Waals surface area contributed by atoms with Crippen LogP contribution in [0.5, 0.6) is 5.75 Å². The number of halogens is 1. The maximum absolute atomic E-state index is 14.6. The predicted molar refractivity (Wildman–Crippen MR) is 135 cm³/mol. The number of rotatable bonds is 11. The molecule has 0 aromatic heterocycles. The Hall–Kier alpha value is -3.67. The fourth-order valence-corrected chi connectivity index (χ4v) is 3.82. The molecular formula is C29H33FN2O3. The number of amides is 2. The molecule has 3 rings (SSSR count). The number of nitrogens with zero attached hydrogens (tertiary/aromatic N) is 1. The van der Waals surface area contributed by atoms with Crippen LogP contribution in [0.3, 0.4) is 0 Å². The number of ether oxygens (including phenoxy) is 1. The van der Waals surface area contributed by atoms with Crippen molar-refractivity contribution in [2.45, 2.75) is 51.7 Å². The van der Waals surface area contributed by atoms with E-state index in [1.165, 1.54) is 11.0 Å². The summed E-state index contributed by atoms with van der Waals surface area (Å²) in [5, 5.41) is 3.02. The molecule has 0 saturated carbocycles. The highest BCUT2D eigenvalue weighted by Gasteiger charge is 2.31. The number of benzene rings is 3. The van der Waals surface area contributed by atoms with Crippen LogP contribution in [-0.2, 0) is 29.0 Å². The molecule has 0 unspecified atom stereocenters. The fraction of sp³-hybridized carbons (Fsp3) is 0.310. The second-order valence-corrected chi connectivity index (χ2v) is 8.66. The summed E-state index contributed by atoms with van der Waals surface area (Å²) >= 11 is 0. The SMILES string of the molecule is CC[C@H](C)NC(=O)[C@H](Cc1ccccc1)N(Cc1ccccc1F)C(=O)Cc1ccc(OC)cc1. The molecule has 5 nitrogen and oxygen atoms in total. The summed E-state index contributed by atoms with van der Waals surface area (Å²) in [6.45, 7) is 3.91. The minimum absolute atomic E-state index is 0.00686. The van der Waals surface area contributed by atoms with Crippen molar-refractivity contribution in [1.29, 1.82) is 0 Å². The number of carbonyl (C=O) groups excluding carboxylic acids is 2. The quantitative estimate of drug-likeness (QED) is 0.427. The van der Waals surface area contributed by atoms with Gasteiger partial charge in [-0.05, 0) is 42.7 Å². The first-order chi connectivity index (χ1) is 16.9. The molecule has 0 aliphatic carbocycles. The predicted octanol–water partition coefficient (Wildman–Crippen LogP) is 4.93. The van der Waals surface area contributed by atoms with Crippen molar-refractivity contribution in [1.82, 2.24) is 10.2 Å². The van der Waals surface area contributed by atoms with E-state index in [9.17, 15) is 14.0 Å². The Morgan fingerprint density at radius 1 is 0.943 bits per heavy atom. The van der Waals surface area contributed by atoms with Gasteiger partial charge in [-0.3, -0.25) is 9.59 Å². The van der Waals surface area contributed by atoms with Crippen LogP contribution in [0.15, 0.2) is 78.9 Å². The molecule has 0 aliphatic heterocycles. The third-order valence-corrected chi connectivity index (χ3v) is 6.09. The number of nitrogens with one attached hydrogen (secondary N) is 1. The van der Waals surface area contributed by atoms with Gasteiger partial charge in [0.2, 0.25) is 11.8 Å². The third kappa shape index (κ3) is 7.41. The lowest BCUT2D eigenvalue weighted by atomic mass is 10.0. The Kier molecular flexibility index (Phi) is 9.41. The van der Waals surface area contributed by atoms with Gasteiger partial charge in [0.15, 0.2) is 0 Å². The zero-order valence-electron chi connectivity index (χ0n) is 20.5. The van der Waals surface area contributed by atoms with Crippen molar-refractivity contribution >= 4 is 11.8 Å². The number of carbonyl (C=O) groups is 2. The average Bonchev–Trinajstić information content (AvgIpc) is 2.88. The largest absolute Gasteiger partial charge is 0.497 e.